The first-order valence-corrected chi connectivity index (χ1v) is 5.70. The predicted octanol–water partition coefficient (Wildman–Crippen LogP) is 2.62. The van der Waals surface area contributed by atoms with Gasteiger partial charge in [0.2, 0.25) is 5.95 Å². The van der Waals surface area contributed by atoms with Crippen molar-refractivity contribution in [2.45, 2.75) is 0 Å². The molecule has 0 amide bonds. The van der Waals surface area contributed by atoms with Crippen molar-refractivity contribution < 1.29 is 4.74 Å². The minimum atomic E-state index is 0.0769. The molecule has 0 aliphatic rings. The molecule has 7 heteroatoms. The fourth-order valence-corrected chi connectivity index (χ4v) is 2.00. The lowest BCUT2D eigenvalue weighted by Gasteiger charge is -2.09. The van der Waals surface area contributed by atoms with Gasteiger partial charge in [0.25, 0.3) is 0 Å². The van der Waals surface area contributed by atoms with Crippen LogP contribution in [0.15, 0.2) is 18.2 Å². The van der Waals surface area contributed by atoms with Gasteiger partial charge in [0, 0.05) is 17.7 Å². The Morgan fingerprint density at radius 1 is 1.06 bits per heavy atom. The van der Waals surface area contributed by atoms with Crippen molar-refractivity contribution in [2.75, 3.05) is 18.6 Å². The van der Waals surface area contributed by atoms with E-state index in [1.54, 1.807) is 18.2 Å². The van der Waals surface area contributed by atoms with Crippen molar-refractivity contribution in [3.63, 3.8) is 0 Å². The molecular weight excluding hydrogens is 275 g/mol. The van der Waals surface area contributed by atoms with Gasteiger partial charge in [-0.25, -0.2) is 4.98 Å². The van der Waals surface area contributed by atoms with E-state index in [1.165, 1.54) is 7.11 Å². The number of rotatable bonds is 2. The molecule has 5 nitrogen and oxygen atoms in total. The molecule has 0 saturated carbocycles. The van der Waals surface area contributed by atoms with Gasteiger partial charge in [0.05, 0.1) is 22.8 Å². The zero-order valence-corrected chi connectivity index (χ0v) is 11.0. The van der Waals surface area contributed by atoms with E-state index in [4.69, 9.17) is 39.4 Å². The van der Waals surface area contributed by atoms with Crippen molar-refractivity contribution >= 4 is 35.0 Å². The fourth-order valence-electron chi connectivity index (χ4n) is 1.50. The highest BCUT2D eigenvalue weighted by Gasteiger charge is 2.12. The third kappa shape index (κ3) is 2.42. The van der Waals surface area contributed by atoms with Gasteiger partial charge in [-0.05, 0) is 6.07 Å². The van der Waals surface area contributed by atoms with E-state index in [1.807, 2.05) is 0 Å². The average Bonchev–Trinajstić information content (AvgIpc) is 2.30. The largest absolute Gasteiger partial charge is 0.495 e. The van der Waals surface area contributed by atoms with E-state index in [2.05, 4.69) is 9.97 Å². The number of anilines is 2. The van der Waals surface area contributed by atoms with E-state index in [9.17, 15) is 0 Å². The maximum Gasteiger partial charge on any atom is 0.222 e. The van der Waals surface area contributed by atoms with E-state index in [-0.39, 0.29) is 11.8 Å². The molecule has 1 heterocycles. The lowest BCUT2D eigenvalue weighted by molar-refractivity contribution is 0.415. The van der Waals surface area contributed by atoms with Crippen LogP contribution in [0.4, 0.5) is 11.8 Å². The summed E-state index contributed by atoms with van der Waals surface area (Å²) in [5, 5.41) is 0.862. The Labute approximate surface area is 114 Å². The quantitative estimate of drug-likeness (QED) is 0.885. The van der Waals surface area contributed by atoms with Crippen molar-refractivity contribution in [3.05, 3.63) is 28.2 Å². The Morgan fingerprint density at radius 3 is 2.39 bits per heavy atom. The molecule has 0 saturated heterocycles. The topological polar surface area (TPSA) is 87.0 Å². The number of halogens is 2. The normalized spacial score (nSPS) is 10.4. The van der Waals surface area contributed by atoms with Crippen LogP contribution in [0, 0.1) is 0 Å². The summed E-state index contributed by atoms with van der Waals surface area (Å²) in [5.41, 5.74) is 12.3. The summed E-state index contributed by atoms with van der Waals surface area (Å²) in [6.45, 7) is 0. The maximum atomic E-state index is 6.14. The number of methoxy groups -OCH3 is 1. The molecule has 1 aromatic carbocycles. The fraction of sp³-hybridized carbons (Fsp3) is 0.0909. The first-order valence-electron chi connectivity index (χ1n) is 4.94. The second-order valence-corrected chi connectivity index (χ2v) is 4.32. The number of hydrogen-bond donors (Lipinski definition) is 2. The number of aromatic nitrogens is 2. The summed E-state index contributed by atoms with van der Waals surface area (Å²) in [7, 11) is 1.51. The first-order chi connectivity index (χ1) is 8.51. The molecule has 2 rings (SSSR count). The molecule has 0 spiro atoms. The van der Waals surface area contributed by atoms with E-state index >= 15 is 0 Å². The van der Waals surface area contributed by atoms with Crippen molar-refractivity contribution in [1.82, 2.24) is 9.97 Å². The Kier molecular flexibility index (Phi) is 3.45. The van der Waals surface area contributed by atoms with E-state index < -0.39 is 0 Å². The van der Waals surface area contributed by atoms with Crippen LogP contribution in [0.3, 0.4) is 0 Å². The molecule has 4 N–H and O–H groups in total. The van der Waals surface area contributed by atoms with Crippen LogP contribution in [0.25, 0.3) is 11.3 Å². The molecule has 1 aromatic heterocycles. The second-order valence-electron chi connectivity index (χ2n) is 3.50. The zero-order valence-electron chi connectivity index (χ0n) is 9.45. The van der Waals surface area contributed by atoms with E-state index in [0.29, 0.717) is 27.1 Å². The van der Waals surface area contributed by atoms with Crippen LogP contribution in [-0.2, 0) is 0 Å². The number of nitrogens with two attached hydrogens (primary N) is 2. The maximum absolute atomic E-state index is 6.14. The standard InChI is InChI=1S/C11H10Cl2N4O/c1-18-9-3-6(12)5(2-7(9)13)8-4-10(14)17-11(15)16-8/h2-4H,1H3,(H4,14,15,16,17). The molecule has 0 aliphatic carbocycles. The highest BCUT2D eigenvalue weighted by atomic mass is 35.5. The summed E-state index contributed by atoms with van der Waals surface area (Å²) < 4.78 is 5.07. The number of nitrogen functional groups attached to an aromatic ring is 2. The van der Waals surface area contributed by atoms with Crippen LogP contribution < -0.4 is 16.2 Å². The second kappa shape index (κ2) is 4.88. The summed E-state index contributed by atoms with van der Waals surface area (Å²) in [6, 6.07) is 4.82. The highest BCUT2D eigenvalue weighted by molar-refractivity contribution is 6.36. The summed E-state index contributed by atoms with van der Waals surface area (Å²) in [6.07, 6.45) is 0. The average molecular weight is 285 g/mol. The first kappa shape index (κ1) is 12.7. The van der Waals surface area contributed by atoms with Gasteiger partial charge in [-0.3, -0.25) is 0 Å². The molecule has 18 heavy (non-hydrogen) atoms. The highest BCUT2D eigenvalue weighted by Crippen LogP contribution is 2.36. The van der Waals surface area contributed by atoms with Gasteiger partial charge in [0.1, 0.15) is 11.6 Å². The molecule has 0 bridgehead atoms. The molecule has 0 aliphatic heterocycles. The predicted molar refractivity (Wildman–Crippen MR) is 72.9 cm³/mol. The molecule has 0 radical (unpaired) electrons. The van der Waals surface area contributed by atoms with Crippen molar-refractivity contribution in [1.29, 1.82) is 0 Å². The third-order valence-electron chi connectivity index (χ3n) is 2.28. The molecule has 94 valence electrons. The van der Waals surface area contributed by atoms with Crippen LogP contribution in [0.2, 0.25) is 10.0 Å². The van der Waals surface area contributed by atoms with Crippen LogP contribution in [0.5, 0.6) is 5.75 Å². The Morgan fingerprint density at radius 2 is 1.78 bits per heavy atom. The monoisotopic (exact) mass is 284 g/mol. The Hall–Kier alpha value is -1.72. The Balaban J connectivity index is 2.60. The molecule has 0 fully saturated rings. The minimum Gasteiger partial charge on any atom is -0.495 e. The van der Waals surface area contributed by atoms with Gasteiger partial charge in [-0.15, -0.1) is 0 Å². The summed E-state index contributed by atoms with van der Waals surface area (Å²) >= 11 is 12.2. The van der Waals surface area contributed by atoms with Gasteiger partial charge in [-0.2, -0.15) is 4.98 Å². The van der Waals surface area contributed by atoms with Crippen molar-refractivity contribution in [2.24, 2.45) is 0 Å². The lowest BCUT2D eigenvalue weighted by atomic mass is 10.1. The molecule has 0 unspecified atom stereocenters. The summed E-state index contributed by atoms with van der Waals surface area (Å²) in [4.78, 5) is 7.85. The minimum absolute atomic E-state index is 0.0769. The van der Waals surface area contributed by atoms with E-state index in [0.717, 1.165) is 0 Å². The SMILES string of the molecule is COc1cc(Cl)c(-c2cc(N)nc(N)n2)cc1Cl. The number of hydrogen-bond acceptors (Lipinski definition) is 5. The van der Waals surface area contributed by atoms with Crippen LogP contribution in [-0.4, -0.2) is 17.1 Å². The smallest absolute Gasteiger partial charge is 0.222 e. The molecule has 0 atom stereocenters. The van der Waals surface area contributed by atoms with Gasteiger partial charge in [-0.1, -0.05) is 23.2 Å². The molecule has 2 aromatic rings. The number of ether oxygens (including phenoxy) is 1. The molecular formula is C11H10Cl2N4O. The lowest BCUT2D eigenvalue weighted by Crippen LogP contribution is -2.00. The van der Waals surface area contributed by atoms with Crippen LogP contribution >= 0.6 is 23.2 Å². The third-order valence-corrected chi connectivity index (χ3v) is 2.89. The van der Waals surface area contributed by atoms with Gasteiger partial charge >= 0.3 is 0 Å². The van der Waals surface area contributed by atoms with Crippen LogP contribution in [0.1, 0.15) is 0 Å². The number of nitrogens with zero attached hydrogens (tertiary/aromatic N) is 2. The Bertz CT molecular complexity index is 584. The number of benzene rings is 1. The zero-order chi connectivity index (χ0) is 13.3. The van der Waals surface area contributed by atoms with Gasteiger partial charge < -0.3 is 16.2 Å². The summed E-state index contributed by atoms with van der Waals surface area (Å²) in [5.74, 6) is 0.828. The van der Waals surface area contributed by atoms with Gasteiger partial charge in [0.15, 0.2) is 0 Å². The van der Waals surface area contributed by atoms with Crippen molar-refractivity contribution in [3.8, 4) is 17.0 Å².